The van der Waals surface area contributed by atoms with Gasteiger partial charge in [0.05, 0.1) is 0 Å². The van der Waals surface area contributed by atoms with Crippen LogP contribution in [0.5, 0.6) is 0 Å². The van der Waals surface area contributed by atoms with Crippen molar-refractivity contribution in [1.82, 2.24) is 0 Å². The Bertz CT molecular complexity index is 457. The topological polar surface area (TPSA) is 26.0 Å². The van der Waals surface area contributed by atoms with Crippen LogP contribution in [0.2, 0.25) is 0 Å². The summed E-state index contributed by atoms with van der Waals surface area (Å²) in [6.07, 6.45) is 0. The van der Waals surface area contributed by atoms with E-state index >= 15 is 0 Å². The molecule has 0 amide bonds. The predicted octanol–water partition coefficient (Wildman–Crippen LogP) is 3.61. The van der Waals surface area contributed by atoms with Crippen molar-refractivity contribution >= 4 is 17.0 Å². The lowest BCUT2D eigenvalue weighted by Gasteiger charge is -2.04. The minimum atomic E-state index is 0.832. The molecule has 0 unspecified atom stereocenters. The van der Waals surface area contributed by atoms with Crippen LogP contribution in [-0.4, -0.2) is 0 Å². The molecule has 0 fully saturated rings. The van der Waals surface area contributed by atoms with Crippen molar-refractivity contribution in [3.8, 4) is 11.1 Å². The maximum absolute atomic E-state index is 5.71. The number of hydrogen-bond acceptors (Lipinski definition) is 2. The number of thiophene rings is 1. The quantitative estimate of drug-likeness (QED) is 0.704. The standard InChI is InChI=1S/C12H13NS/c1-8-5-11(13)3-4-12(8)10-6-9(2)14-7-10/h3-7H,13H2,1-2H3. The number of benzene rings is 1. The molecule has 0 saturated heterocycles. The Balaban J connectivity index is 2.52. The molecule has 72 valence electrons. The summed E-state index contributed by atoms with van der Waals surface area (Å²) in [6, 6.07) is 8.27. The zero-order chi connectivity index (χ0) is 10.1. The fourth-order valence-corrected chi connectivity index (χ4v) is 2.30. The van der Waals surface area contributed by atoms with Crippen molar-refractivity contribution in [2.75, 3.05) is 5.73 Å². The molecule has 0 atom stereocenters. The van der Waals surface area contributed by atoms with Crippen molar-refractivity contribution in [2.45, 2.75) is 13.8 Å². The third kappa shape index (κ3) is 1.66. The van der Waals surface area contributed by atoms with E-state index in [-0.39, 0.29) is 0 Å². The Kier molecular flexibility index (Phi) is 2.30. The zero-order valence-corrected chi connectivity index (χ0v) is 9.19. The summed E-state index contributed by atoms with van der Waals surface area (Å²) in [5, 5.41) is 2.19. The monoisotopic (exact) mass is 203 g/mol. The van der Waals surface area contributed by atoms with Gasteiger partial charge in [0.1, 0.15) is 0 Å². The molecule has 0 spiro atoms. The van der Waals surface area contributed by atoms with Crippen LogP contribution in [0.3, 0.4) is 0 Å². The maximum Gasteiger partial charge on any atom is 0.0317 e. The molecular weight excluding hydrogens is 190 g/mol. The van der Waals surface area contributed by atoms with E-state index in [1.54, 1.807) is 11.3 Å². The number of anilines is 1. The minimum absolute atomic E-state index is 0.832. The molecule has 14 heavy (non-hydrogen) atoms. The first-order valence-electron chi connectivity index (χ1n) is 4.58. The van der Waals surface area contributed by atoms with Crippen molar-refractivity contribution in [3.63, 3.8) is 0 Å². The van der Waals surface area contributed by atoms with Gasteiger partial charge in [0.25, 0.3) is 0 Å². The van der Waals surface area contributed by atoms with Crippen LogP contribution >= 0.6 is 11.3 Å². The smallest absolute Gasteiger partial charge is 0.0317 e. The second-order valence-corrected chi connectivity index (χ2v) is 4.64. The molecule has 2 aromatic rings. The summed E-state index contributed by atoms with van der Waals surface area (Å²) in [5.41, 5.74) is 10.4. The molecule has 2 rings (SSSR count). The third-order valence-electron chi connectivity index (χ3n) is 2.29. The Morgan fingerprint density at radius 1 is 1.14 bits per heavy atom. The molecule has 0 aliphatic carbocycles. The Labute approximate surface area is 88.2 Å². The summed E-state index contributed by atoms with van der Waals surface area (Å²) >= 11 is 1.78. The highest BCUT2D eigenvalue weighted by atomic mass is 32.1. The van der Waals surface area contributed by atoms with Gasteiger partial charge in [-0.05, 0) is 54.1 Å². The van der Waals surface area contributed by atoms with Gasteiger partial charge in [0.2, 0.25) is 0 Å². The number of nitrogens with two attached hydrogens (primary N) is 1. The van der Waals surface area contributed by atoms with Crippen LogP contribution in [0.25, 0.3) is 11.1 Å². The number of rotatable bonds is 1. The third-order valence-corrected chi connectivity index (χ3v) is 3.15. The Morgan fingerprint density at radius 2 is 1.93 bits per heavy atom. The Hall–Kier alpha value is -1.28. The molecule has 1 heterocycles. The average molecular weight is 203 g/mol. The number of aryl methyl sites for hydroxylation is 2. The van der Waals surface area contributed by atoms with E-state index in [2.05, 4.69) is 31.4 Å². The van der Waals surface area contributed by atoms with E-state index in [1.807, 2.05) is 12.1 Å². The zero-order valence-electron chi connectivity index (χ0n) is 8.37. The molecule has 2 N–H and O–H groups in total. The first kappa shape index (κ1) is 9.28. The highest BCUT2D eigenvalue weighted by Crippen LogP contribution is 2.28. The van der Waals surface area contributed by atoms with Gasteiger partial charge in [0.15, 0.2) is 0 Å². The molecule has 1 nitrogen and oxygen atoms in total. The van der Waals surface area contributed by atoms with Crippen molar-refractivity contribution in [2.24, 2.45) is 0 Å². The van der Waals surface area contributed by atoms with Crippen molar-refractivity contribution in [1.29, 1.82) is 0 Å². The molecule has 2 heteroatoms. The van der Waals surface area contributed by atoms with E-state index in [1.165, 1.54) is 21.6 Å². The first-order valence-corrected chi connectivity index (χ1v) is 5.46. The summed E-state index contributed by atoms with van der Waals surface area (Å²) in [4.78, 5) is 1.34. The van der Waals surface area contributed by atoms with E-state index in [0.29, 0.717) is 0 Å². The van der Waals surface area contributed by atoms with Crippen LogP contribution in [0, 0.1) is 13.8 Å². The molecule has 0 aliphatic heterocycles. The largest absolute Gasteiger partial charge is 0.399 e. The average Bonchev–Trinajstić information content (AvgIpc) is 2.51. The lowest BCUT2D eigenvalue weighted by Crippen LogP contribution is -1.87. The van der Waals surface area contributed by atoms with Gasteiger partial charge < -0.3 is 5.73 Å². The summed E-state index contributed by atoms with van der Waals surface area (Å²) in [5.74, 6) is 0. The molecule has 1 aromatic heterocycles. The van der Waals surface area contributed by atoms with Gasteiger partial charge in [-0.1, -0.05) is 6.07 Å². The van der Waals surface area contributed by atoms with E-state index < -0.39 is 0 Å². The van der Waals surface area contributed by atoms with Crippen LogP contribution in [0.15, 0.2) is 29.6 Å². The molecule has 1 aromatic carbocycles. The SMILES string of the molecule is Cc1cc(-c2ccc(N)cc2C)cs1. The highest BCUT2D eigenvalue weighted by molar-refractivity contribution is 7.10. The van der Waals surface area contributed by atoms with Gasteiger partial charge in [-0.25, -0.2) is 0 Å². The summed E-state index contributed by atoms with van der Waals surface area (Å²) in [6.45, 7) is 4.22. The highest BCUT2D eigenvalue weighted by Gasteiger charge is 2.03. The van der Waals surface area contributed by atoms with Crippen LogP contribution in [-0.2, 0) is 0 Å². The molecule has 0 radical (unpaired) electrons. The maximum atomic E-state index is 5.71. The summed E-state index contributed by atoms with van der Waals surface area (Å²) in [7, 11) is 0. The van der Waals surface area contributed by atoms with Crippen LogP contribution in [0.4, 0.5) is 5.69 Å². The van der Waals surface area contributed by atoms with E-state index in [9.17, 15) is 0 Å². The van der Waals surface area contributed by atoms with Gasteiger partial charge in [-0.15, -0.1) is 11.3 Å². The van der Waals surface area contributed by atoms with E-state index in [4.69, 9.17) is 5.73 Å². The lowest BCUT2D eigenvalue weighted by molar-refractivity contribution is 1.46. The second kappa shape index (κ2) is 3.46. The fraction of sp³-hybridized carbons (Fsp3) is 0.167. The second-order valence-electron chi connectivity index (χ2n) is 3.52. The fourth-order valence-electron chi connectivity index (χ4n) is 1.60. The van der Waals surface area contributed by atoms with E-state index in [0.717, 1.165) is 5.69 Å². The Morgan fingerprint density at radius 3 is 2.50 bits per heavy atom. The predicted molar refractivity (Wildman–Crippen MR) is 63.6 cm³/mol. The van der Waals surface area contributed by atoms with Gasteiger partial charge >= 0.3 is 0 Å². The number of hydrogen-bond donors (Lipinski definition) is 1. The minimum Gasteiger partial charge on any atom is -0.399 e. The molecule has 0 saturated carbocycles. The van der Waals surface area contributed by atoms with Crippen LogP contribution < -0.4 is 5.73 Å². The molecular formula is C12H13NS. The van der Waals surface area contributed by atoms with Gasteiger partial charge in [-0.3, -0.25) is 0 Å². The molecule has 0 aliphatic rings. The lowest BCUT2D eigenvalue weighted by atomic mass is 10.0. The van der Waals surface area contributed by atoms with Crippen LogP contribution in [0.1, 0.15) is 10.4 Å². The van der Waals surface area contributed by atoms with Crippen molar-refractivity contribution < 1.29 is 0 Å². The number of nitrogen functional groups attached to an aromatic ring is 1. The van der Waals surface area contributed by atoms with Crippen molar-refractivity contribution in [3.05, 3.63) is 40.1 Å². The first-order chi connectivity index (χ1) is 6.66. The van der Waals surface area contributed by atoms with Gasteiger partial charge in [0, 0.05) is 10.6 Å². The molecule has 0 bridgehead atoms. The van der Waals surface area contributed by atoms with Gasteiger partial charge in [-0.2, -0.15) is 0 Å². The summed E-state index contributed by atoms with van der Waals surface area (Å²) < 4.78 is 0. The normalized spacial score (nSPS) is 10.4.